The molecule has 5 nitrogen and oxygen atoms in total. The van der Waals surface area contributed by atoms with Gasteiger partial charge in [-0.15, -0.1) is 0 Å². The molecule has 3 aromatic rings. The summed E-state index contributed by atoms with van der Waals surface area (Å²) in [6, 6.07) is 3.92. The third kappa shape index (κ3) is 2.66. The van der Waals surface area contributed by atoms with Crippen molar-refractivity contribution in [3.05, 3.63) is 46.9 Å². The molecular weight excluding hydrogens is 353 g/mol. The van der Waals surface area contributed by atoms with Gasteiger partial charge in [-0.25, -0.2) is 14.4 Å². The van der Waals surface area contributed by atoms with Crippen LogP contribution in [-0.4, -0.2) is 28.0 Å². The molecule has 3 N–H and O–H groups in total. The summed E-state index contributed by atoms with van der Waals surface area (Å²) < 4.78 is 14.3. The summed E-state index contributed by atoms with van der Waals surface area (Å²) >= 11 is 0. The van der Waals surface area contributed by atoms with Crippen LogP contribution in [0, 0.1) is 25.6 Å². The number of benzene rings is 1. The van der Waals surface area contributed by atoms with Crippen LogP contribution in [0.5, 0.6) is 0 Å². The summed E-state index contributed by atoms with van der Waals surface area (Å²) in [7, 11) is 1.86. The number of hydrogen-bond acceptors (Lipinski definition) is 4. The van der Waals surface area contributed by atoms with Crippen LogP contribution in [0.4, 0.5) is 16.0 Å². The number of halogens is 1. The Morgan fingerprint density at radius 1 is 1.14 bits per heavy atom. The summed E-state index contributed by atoms with van der Waals surface area (Å²) in [5, 5.41) is 7.65. The molecule has 1 unspecified atom stereocenters. The van der Waals surface area contributed by atoms with Crippen molar-refractivity contribution in [2.45, 2.75) is 39.2 Å². The fraction of sp³-hybridized carbons (Fsp3) is 0.364. The number of aryl methyl sites for hydroxylation is 1. The van der Waals surface area contributed by atoms with Gasteiger partial charge in [0.25, 0.3) is 0 Å². The molecule has 6 heteroatoms. The first-order chi connectivity index (χ1) is 13.5. The third-order valence-electron chi connectivity index (χ3n) is 6.11. The van der Waals surface area contributed by atoms with Crippen molar-refractivity contribution >= 4 is 22.5 Å². The van der Waals surface area contributed by atoms with E-state index in [9.17, 15) is 4.39 Å². The first-order valence-electron chi connectivity index (χ1n) is 9.82. The molecule has 1 saturated carbocycles. The Morgan fingerprint density at radius 2 is 1.93 bits per heavy atom. The van der Waals surface area contributed by atoms with Crippen molar-refractivity contribution < 1.29 is 4.39 Å². The van der Waals surface area contributed by atoms with E-state index in [0.29, 0.717) is 23.3 Å². The minimum atomic E-state index is -0.254. The minimum Gasteiger partial charge on any atom is -0.373 e. The molecule has 1 aromatic carbocycles. The van der Waals surface area contributed by atoms with Crippen molar-refractivity contribution in [1.82, 2.24) is 15.0 Å². The minimum absolute atomic E-state index is 0.254. The molecule has 6 rings (SSSR count). The predicted molar refractivity (Wildman–Crippen MR) is 111 cm³/mol. The predicted octanol–water partition coefficient (Wildman–Crippen LogP) is 4.94. The molecule has 0 radical (unpaired) electrons. The highest BCUT2D eigenvalue weighted by Gasteiger charge is 2.34. The number of aromatic nitrogens is 3. The molecule has 3 aliphatic rings. The Labute approximate surface area is 163 Å². The molecule has 0 saturated heterocycles. The highest BCUT2D eigenvalue weighted by molar-refractivity contribution is 5.95. The summed E-state index contributed by atoms with van der Waals surface area (Å²) in [6.07, 6.45) is 7.61. The first kappa shape index (κ1) is 17.2. The average Bonchev–Trinajstić information content (AvgIpc) is 3.07. The molecule has 0 aliphatic heterocycles. The van der Waals surface area contributed by atoms with Crippen LogP contribution >= 0.6 is 0 Å². The Bertz CT molecular complexity index is 1110. The summed E-state index contributed by atoms with van der Waals surface area (Å²) in [6.45, 7) is 3.92. The zero-order valence-electron chi connectivity index (χ0n) is 16.4. The molecule has 1 fully saturated rings. The molecule has 0 spiro atoms. The number of nitrogens with one attached hydrogen (secondary N) is 3. The number of aromatic amines is 1. The number of fused-ring (bicyclic) bond motifs is 3. The van der Waals surface area contributed by atoms with E-state index in [4.69, 9.17) is 9.97 Å². The lowest BCUT2D eigenvalue weighted by molar-refractivity contribution is 0.331. The normalized spacial score (nSPS) is 20.6. The SMILES string of the molecule is CNc1nc(-c2c[nH]c3c(F)cc(C)cc23)nc(NC2CC=C3CC2C3)c1C. The molecule has 0 amide bonds. The zero-order valence-corrected chi connectivity index (χ0v) is 16.4. The standard InChI is InChI=1S/C22H24FN5/c1-11-6-15-16(10-25-19(15)17(23)7-11)22-27-20(24-3)12(2)21(28-22)26-18-5-4-13-8-14(18)9-13/h4,6-7,10,14,18,25H,5,8-9H2,1-3H3,(H2,24,26,27,28). The number of nitrogens with zero attached hydrogens (tertiary/aromatic N) is 2. The fourth-order valence-corrected chi connectivity index (χ4v) is 4.43. The number of allylic oxidation sites excluding steroid dienone is 1. The number of anilines is 2. The van der Waals surface area contributed by atoms with Crippen LogP contribution in [0.2, 0.25) is 0 Å². The van der Waals surface area contributed by atoms with E-state index in [2.05, 4.69) is 21.7 Å². The molecule has 28 heavy (non-hydrogen) atoms. The van der Waals surface area contributed by atoms with E-state index in [-0.39, 0.29) is 5.82 Å². The van der Waals surface area contributed by atoms with E-state index in [1.165, 1.54) is 18.9 Å². The summed E-state index contributed by atoms with van der Waals surface area (Å²) in [5.74, 6) is 2.67. The van der Waals surface area contributed by atoms with Crippen LogP contribution < -0.4 is 10.6 Å². The molecule has 2 heterocycles. The summed E-state index contributed by atoms with van der Waals surface area (Å²) in [4.78, 5) is 12.6. The second kappa shape index (κ2) is 6.33. The average molecular weight is 377 g/mol. The molecular formula is C22H24FN5. The van der Waals surface area contributed by atoms with Gasteiger partial charge in [-0.3, -0.25) is 0 Å². The second-order valence-electron chi connectivity index (χ2n) is 8.01. The van der Waals surface area contributed by atoms with Crippen LogP contribution in [0.15, 0.2) is 30.0 Å². The van der Waals surface area contributed by atoms with Crippen LogP contribution in [0.25, 0.3) is 22.3 Å². The van der Waals surface area contributed by atoms with Crippen molar-refractivity contribution in [3.63, 3.8) is 0 Å². The number of H-pyrrole nitrogens is 1. The van der Waals surface area contributed by atoms with Crippen LogP contribution in [0.3, 0.4) is 0 Å². The maximum Gasteiger partial charge on any atom is 0.166 e. The fourth-order valence-electron chi connectivity index (χ4n) is 4.43. The van der Waals surface area contributed by atoms with Gasteiger partial charge in [0.15, 0.2) is 5.82 Å². The van der Waals surface area contributed by atoms with Gasteiger partial charge in [0.05, 0.1) is 5.52 Å². The van der Waals surface area contributed by atoms with E-state index in [1.54, 1.807) is 11.8 Å². The molecule has 1 atom stereocenters. The van der Waals surface area contributed by atoms with Crippen LogP contribution in [0.1, 0.15) is 30.4 Å². The van der Waals surface area contributed by atoms with E-state index in [0.717, 1.165) is 40.1 Å². The third-order valence-corrected chi connectivity index (χ3v) is 6.11. The maximum absolute atomic E-state index is 14.3. The van der Waals surface area contributed by atoms with Gasteiger partial charge in [-0.2, -0.15) is 0 Å². The first-order valence-corrected chi connectivity index (χ1v) is 9.82. The van der Waals surface area contributed by atoms with Crippen molar-refractivity contribution in [3.8, 4) is 11.4 Å². The van der Waals surface area contributed by atoms with Crippen LogP contribution in [-0.2, 0) is 0 Å². The lowest BCUT2D eigenvalue weighted by Gasteiger charge is -2.41. The highest BCUT2D eigenvalue weighted by atomic mass is 19.1. The lowest BCUT2D eigenvalue weighted by atomic mass is 9.69. The molecule has 2 aromatic heterocycles. The van der Waals surface area contributed by atoms with Gasteiger partial charge < -0.3 is 15.6 Å². The van der Waals surface area contributed by atoms with Gasteiger partial charge in [-0.05, 0) is 56.7 Å². The number of rotatable bonds is 4. The Morgan fingerprint density at radius 3 is 2.64 bits per heavy atom. The van der Waals surface area contributed by atoms with Crippen molar-refractivity contribution in [2.24, 2.45) is 5.92 Å². The maximum atomic E-state index is 14.3. The Kier molecular flexibility index (Phi) is 3.89. The molecule has 3 aliphatic carbocycles. The van der Waals surface area contributed by atoms with Gasteiger partial charge >= 0.3 is 0 Å². The quantitative estimate of drug-likeness (QED) is 0.563. The van der Waals surface area contributed by atoms with E-state index in [1.807, 2.05) is 27.0 Å². The zero-order chi connectivity index (χ0) is 19.4. The van der Waals surface area contributed by atoms with E-state index >= 15 is 0 Å². The molecule has 2 bridgehead atoms. The van der Waals surface area contributed by atoms with Crippen molar-refractivity contribution in [1.29, 1.82) is 0 Å². The largest absolute Gasteiger partial charge is 0.373 e. The smallest absolute Gasteiger partial charge is 0.166 e. The Hall–Kier alpha value is -2.89. The van der Waals surface area contributed by atoms with Gasteiger partial charge in [0.1, 0.15) is 17.5 Å². The Balaban J connectivity index is 1.59. The number of hydrogen-bond donors (Lipinski definition) is 3. The monoisotopic (exact) mass is 377 g/mol. The lowest BCUT2D eigenvalue weighted by Crippen LogP contribution is -2.38. The topological polar surface area (TPSA) is 65.6 Å². The highest BCUT2D eigenvalue weighted by Crippen LogP contribution is 2.43. The molecule has 144 valence electrons. The summed E-state index contributed by atoms with van der Waals surface area (Å²) in [5.41, 5.74) is 4.77. The van der Waals surface area contributed by atoms with Gasteiger partial charge in [-0.1, -0.05) is 11.6 Å². The van der Waals surface area contributed by atoms with Gasteiger partial charge in [0, 0.05) is 35.8 Å². The van der Waals surface area contributed by atoms with Gasteiger partial charge in [0.2, 0.25) is 0 Å². The van der Waals surface area contributed by atoms with E-state index < -0.39 is 0 Å². The second-order valence-corrected chi connectivity index (χ2v) is 8.01. The van der Waals surface area contributed by atoms with Crippen molar-refractivity contribution in [2.75, 3.05) is 17.7 Å².